The van der Waals surface area contributed by atoms with Crippen LogP contribution in [0.25, 0.3) is 0 Å². The number of aldehydes is 1. The zero-order valence-corrected chi connectivity index (χ0v) is 10.2. The van der Waals surface area contributed by atoms with Crippen LogP contribution in [0.4, 0.5) is 0 Å². The minimum Gasteiger partial charge on any atom is -0.303 e. The van der Waals surface area contributed by atoms with Crippen molar-refractivity contribution in [2.75, 3.05) is 0 Å². The summed E-state index contributed by atoms with van der Waals surface area (Å²) in [5, 5.41) is 2.04. The van der Waals surface area contributed by atoms with E-state index in [4.69, 9.17) is 0 Å². The molecule has 1 aromatic heterocycles. The van der Waals surface area contributed by atoms with Crippen LogP contribution in [0, 0.1) is 5.41 Å². The smallest absolute Gasteiger partial charge is 0.126 e. The van der Waals surface area contributed by atoms with Gasteiger partial charge in [0.05, 0.1) is 3.79 Å². The third kappa shape index (κ3) is 2.64. The van der Waals surface area contributed by atoms with Crippen LogP contribution in [0.2, 0.25) is 0 Å². The fourth-order valence-electron chi connectivity index (χ4n) is 1.13. The lowest BCUT2D eigenvalue weighted by molar-refractivity contribution is -0.115. The summed E-state index contributed by atoms with van der Waals surface area (Å²) in [6, 6.07) is 2.08. The lowest BCUT2D eigenvalue weighted by Crippen LogP contribution is -2.19. The molecule has 0 aliphatic heterocycles. The van der Waals surface area contributed by atoms with E-state index in [1.807, 2.05) is 12.3 Å². The Kier molecular flexibility index (Phi) is 3.68. The van der Waals surface area contributed by atoms with Crippen molar-refractivity contribution in [3.05, 3.63) is 20.8 Å². The molecule has 0 N–H and O–H groups in total. The van der Waals surface area contributed by atoms with Gasteiger partial charge in [-0.05, 0) is 45.8 Å². The average molecular weight is 261 g/mol. The van der Waals surface area contributed by atoms with Crippen LogP contribution in [0.1, 0.15) is 25.8 Å². The maximum absolute atomic E-state index is 10.9. The van der Waals surface area contributed by atoms with Gasteiger partial charge in [-0.1, -0.05) is 13.8 Å². The van der Waals surface area contributed by atoms with Crippen molar-refractivity contribution < 1.29 is 4.79 Å². The number of carbonyl (C=O) groups excluding carboxylic acids is 1. The van der Waals surface area contributed by atoms with Gasteiger partial charge in [-0.15, -0.1) is 11.3 Å². The van der Waals surface area contributed by atoms with Crippen molar-refractivity contribution in [3.8, 4) is 0 Å². The zero-order chi connectivity index (χ0) is 9.90. The summed E-state index contributed by atoms with van der Waals surface area (Å²) in [5.74, 6) is 0. The number of halogens is 1. The summed E-state index contributed by atoms with van der Waals surface area (Å²) in [7, 11) is 0. The Morgan fingerprint density at radius 1 is 1.69 bits per heavy atom. The highest BCUT2D eigenvalue weighted by molar-refractivity contribution is 9.11. The van der Waals surface area contributed by atoms with E-state index in [2.05, 4.69) is 28.9 Å². The van der Waals surface area contributed by atoms with Gasteiger partial charge in [0.2, 0.25) is 0 Å². The maximum atomic E-state index is 10.9. The molecule has 1 rings (SSSR count). The largest absolute Gasteiger partial charge is 0.303 e. The number of rotatable bonds is 4. The maximum Gasteiger partial charge on any atom is 0.126 e. The van der Waals surface area contributed by atoms with Gasteiger partial charge in [0, 0.05) is 5.41 Å². The summed E-state index contributed by atoms with van der Waals surface area (Å²) in [6.45, 7) is 4.05. The molecule has 13 heavy (non-hydrogen) atoms. The van der Waals surface area contributed by atoms with E-state index in [9.17, 15) is 4.79 Å². The lowest BCUT2D eigenvalue weighted by Gasteiger charge is -2.20. The zero-order valence-electron chi connectivity index (χ0n) is 7.84. The molecule has 0 spiro atoms. The first-order valence-corrected chi connectivity index (χ1v) is 5.97. The Bertz CT molecular complexity index is 295. The summed E-state index contributed by atoms with van der Waals surface area (Å²) >= 11 is 5.15. The average Bonchev–Trinajstić information content (AvgIpc) is 2.52. The standard InChI is InChI=1S/C10H13BrOS/c1-3-10(2,7-12)6-8-4-5-13-9(8)11/h4-5,7H,3,6H2,1-2H3. The summed E-state index contributed by atoms with van der Waals surface area (Å²) in [5.41, 5.74) is 1.03. The topological polar surface area (TPSA) is 17.1 Å². The SMILES string of the molecule is CCC(C)(C=O)Cc1ccsc1Br. The van der Waals surface area contributed by atoms with Crippen molar-refractivity contribution >= 4 is 33.6 Å². The van der Waals surface area contributed by atoms with Crippen LogP contribution >= 0.6 is 27.3 Å². The fraction of sp³-hybridized carbons (Fsp3) is 0.500. The van der Waals surface area contributed by atoms with Gasteiger partial charge in [0.1, 0.15) is 6.29 Å². The number of carbonyl (C=O) groups is 1. The molecule has 72 valence electrons. The highest BCUT2D eigenvalue weighted by Crippen LogP contribution is 2.31. The van der Waals surface area contributed by atoms with Crippen molar-refractivity contribution in [1.29, 1.82) is 0 Å². The molecule has 0 aliphatic carbocycles. The molecule has 0 saturated heterocycles. The molecule has 3 heteroatoms. The van der Waals surface area contributed by atoms with Crippen molar-refractivity contribution in [1.82, 2.24) is 0 Å². The Hall–Kier alpha value is -0.150. The Morgan fingerprint density at radius 2 is 2.38 bits per heavy atom. The van der Waals surface area contributed by atoms with E-state index >= 15 is 0 Å². The van der Waals surface area contributed by atoms with Gasteiger partial charge < -0.3 is 4.79 Å². The quantitative estimate of drug-likeness (QED) is 0.756. The van der Waals surface area contributed by atoms with Gasteiger partial charge in [-0.25, -0.2) is 0 Å². The first-order valence-electron chi connectivity index (χ1n) is 4.29. The monoisotopic (exact) mass is 260 g/mol. The van der Waals surface area contributed by atoms with Gasteiger partial charge in [0.25, 0.3) is 0 Å². The summed E-state index contributed by atoms with van der Waals surface area (Å²) in [6.07, 6.45) is 2.78. The molecule has 1 heterocycles. The minimum atomic E-state index is -0.205. The first kappa shape index (κ1) is 10.9. The molecule has 0 fully saturated rings. The molecule has 0 aliphatic rings. The van der Waals surface area contributed by atoms with Crippen LogP contribution in [-0.2, 0) is 11.2 Å². The molecule has 1 nitrogen and oxygen atoms in total. The van der Waals surface area contributed by atoms with Crippen molar-refractivity contribution in [3.63, 3.8) is 0 Å². The fourth-order valence-corrected chi connectivity index (χ4v) is 2.37. The van der Waals surface area contributed by atoms with Gasteiger partial charge >= 0.3 is 0 Å². The summed E-state index contributed by atoms with van der Waals surface area (Å²) in [4.78, 5) is 10.9. The lowest BCUT2D eigenvalue weighted by atomic mass is 9.83. The number of thiophene rings is 1. The third-order valence-electron chi connectivity index (χ3n) is 2.38. The van der Waals surface area contributed by atoms with Crippen LogP contribution < -0.4 is 0 Å². The molecule has 0 saturated carbocycles. The predicted octanol–water partition coefficient (Wildman–Crippen LogP) is 3.67. The van der Waals surface area contributed by atoms with E-state index in [-0.39, 0.29) is 5.41 Å². The highest BCUT2D eigenvalue weighted by atomic mass is 79.9. The molecule has 0 amide bonds. The van der Waals surface area contributed by atoms with Crippen LogP contribution in [0.3, 0.4) is 0 Å². The highest BCUT2D eigenvalue weighted by Gasteiger charge is 2.22. The molecular formula is C10H13BrOS. The predicted molar refractivity (Wildman–Crippen MR) is 60.2 cm³/mol. The van der Waals surface area contributed by atoms with E-state index in [1.54, 1.807) is 11.3 Å². The molecule has 0 aromatic carbocycles. The van der Waals surface area contributed by atoms with Crippen LogP contribution in [-0.4, -0.2) is 6.29 Å². The third-order valence-corrected chi connectivity index (χ3v) is 4.19. The molecule has 0 bridgehead atoms. The van der Waals surface area contributed by atoms with Crippen molar-refractivity contribution in [2.24, 2.45) is 5.41 Å². The van der Waals surface area contributed by atoms with E-state index in [0.717, 1.165) is 22.9 Å². The Morgan fingerprint density at radius 3 is 2.77 bits per heavy atom. The molecular weight excluding hydrogens is 248 g/mol. The van der Waals surface area contributed by atoms with Gasteiger partial charge in [-0.3, -0.25) is 0 Å². The van der Waals surface area contributed by atoms with Crippen LogP contribution in [0.15, 0.2) is 15.2 Å². The molecule has 1 unspecified atom stereocenters. The molecule has 1 atom stereocenters. The second-order valence-electron chi connectivity index (χ2n) is 3.52. The first-order chi connectivity index (χ1) is 6.11. The minimum absolute atomic E-state index is 0.205. The van der Waals surface area contributed by atoms with E-state index in [1.165, 1.54) is 5.56 Å². The normalized spacial score (nSPS) is 15.3. The van der Waals surface area contributed by atoms with Gasteiger partial charge in [0.15, 0.2) is 0 Å². The Balaban J connectivity index is 2.78. The van der Waals surface area contributed by atoms with Crippen molar-refractivity contribution in [2.45, 2.75) is 26.7 Å². The summed E-state index contributed by atoms with van der Waals surface area (Å²) < 4.78 is 1.15. The molecule has 1 aromatic rings. The van der Waals surface area contributed by atoms with E-state index < -0.39 is 0 Å². The Labute approximate surface area is 91.3 Å². The molecule has 0 radical (unpaired) electrons. The van der Waals surface area contributed by atoms with E-state index in [0.29, 0.717) is 0 Å². The number of hydrogen-bond acceptors (Lipinski definition) is 2. The second kappa shape index (κ2) is 4.38. The second-order valence-corrected chi connectivity index (χ2v) is 5.76. The van der Waals surface area contributed by atoms with Gasteiger partial charge in [-0.2, -0.15) is 0 Å². The number of hydrogen-bond donors (Lipinski definition) is 0. The van der Waals surface area contributed by atoms with Crippen LogP contribution in [0.5, 0.6) is 0 Å².